The number of hydrogen-bond acceptors (Lipinski definition) is 2. The van der Waals surface area contributed by atoms with Gasteiger partial charge in [-0.15, -0.1) is 0 Å². The van der Waals surface area contributed by atoms with Crippen LogP contribution >= 0.6 is 0 Å². The molecule has 0 aromatic heterocycles. The highest BCUT2D eigenvalue weighted by atomic mass is 16.1. The first-order chi connectivity index (χ1) is 6.79. The third-order valence-electron chi connectivity index (χ3n) is 2.82. The molecular formula is C12H9NO. The molecule has 68 valence electrons. The van der Waals surface area contributed by atoms with E-state index in [0.29, 0.717) is 0 Å². The highest BCUT2D eigenvalue weighted by Crippen LogP contribution is 2.35. The molecule has 3 rings (SSSR count). The molecule has 1 aliphatic rings. The lowest BCUT2D eigenvalue weighted by Crippen LogP contribution is -2.15. The number of rotatable bonds is 0. The Kier molecular flexibility index (Phi) is 1.33. The Hall–Kier alpha value is -1.67. The number of carbonyl (C=O) groups excluding carboxylic acids is 1. The minimum atomic E-state index is -0.462. The topological polar surface area (TPSA) is 43.1 Å². The molecule has 2 heteroatoms. The standard InChI is InChI=1S/C12H9NO/c13-11-8-5-1-3-7-4-2-6-9(10(7)8)12(11)14/h1-6,11H,13H2. The Morgan fingerprint density at radius 2 is 1.79 bits per heavy atom. The fourth-order valence-electron chi connectivity index (χ4n) is 2.14. The Bertz CT molecular complexity index is 540. The van der Waals surface area contributed by atoms with Gasteiger partial charge >= 0.3 is 0 Å². The summed E-state index contributed by atoms with van der Waals surface area (Å²) < 4.78 is 0. The molecule has 2 aromatic rings. The van der Waals surface area contributed by atoms with Crippen molar-refractivity contribution in [3.8, 4) is 0 Å². The average Bonchev–Trinajstić information content (AvgIpc) is 2.47. The Morgan fingerprint density at radius 3 is 2.57 bits per heavy atom. The summed E-state index contributed by atoms with van der Waals surface area (Å²) in [5.41, 5.74) is 7.56. The molecule has 0 bridgehead atoms. The van der Waals surface area contributed by atoms with Crippen LogP contribution in [0.1, 0.15) is 22.0 Å². The number of benzene rings is 2. The van der Waals surface area contributed by atoms with Gasteiger partial charge in [0.05, 0.1) is 6.04 Å². The number of ketones is 1. The molecule has 0 aliphatic heterocycles. The molecule has 0 saturated carbocycles. The van der Waals surface area contributed by atoms with Gasteiger partial charge in [0.1, 0.15) is 0 Å². The van der Waals surface area contributed by atoms with Gasteiger partial charge in [-0.25, -0.2) is 0 Å². The van der Waals surface area contributed by atoms with Crippen LogP contribution in [0.2, 0.25) is 0 Å². The maximum absolute atomic E-state index is 11.8. The van der Waals surface area contributed by atoms with E-state index in [1.165, 1.54) is 0 Å². The van der Waals surface area contributed by atoms with E-state index in [1.54, 1.807) is 0 Å². The van der Waals surface area contributed by atoms with E-state index < -0.39 is 6.04 Å². The molecule has 14 heavy (non-hydrogen) atoms. The number of hydrogen-bond donors (Lipinski definition) is 1. The van der Waals surface area contributed by atoms with Gasteiger partial charge in [-0.1, -0.05) is 36.4 Å². The van der Waals surface area contributed by atoms with E-state index in [-0.39, 0.29) is 5.78 Å². The SMILES string of the molecule is NC1C(=O)c2cccc3cccc1c23. The van der Waals surface area contributed by atoms with Crippen molar-refractivity contribution in [1.82, 2.24) is 0 Å². The molecule has 1 atom stereocenters. The van der Waals surface area contributed by atoms with Gasteiger partial charge in [-0.3, -0.25) is 4.79 Å². The van der Waals surface area contributed by atoms with Crippen LogP contribution in [0, 0.1) is 0 Å². The molecule has 1 unspecified atom stereocenters. The molecule has 2 nitrogen and oxygen atoms in total. The molecule has 2 aromatic carbocycles. The van der Waals surface area contributed by atoms with Crippen molar-refractivity contribution >= 4 is 16.6 Å². The zero-order valence-corrected chi connectivity index (χ0v) is 7.53. The van der Waals surface area contributed by atoms with E-state index in [1.807, 2.05) is 36.4 Å². The molecule has 2 N–H and O–H groups in total. The van der Waals surface area contributed by atoms with Gasteiger partial charge < -0.3 is 5.73 Å². The Balaban J connectivity index is 2.55. The largest absolute Gasteiger partial charge is 0.317 e. The van der Waals surface area contributed by atoms with Crippen molar-refractivity contribution in [2.24, 2.45) is 5.73 Å². The Labute approximate surface area is 81.3 Å². The first kappa shape index (κ1) is 7.71. The smallest absolute Gasteiger partial charge is 0.184 e. The molecule has 0 fully saturated rings. The number of nitrogens with two attached hydrogens (primary N) is 1. The van der Waals surface area contributed by atoms with Crippen LogP contribution in [0.4, 0.5) is 0 Å². The maximum atomic E-state index is 11.8. The van der Waals surface area contributed by atoms with Gasteiger partial charge in [0.2, 0.25) is 0 Å². The molecule has 0 heterocycles. The summed E-state index contributed by atoms with van der Waals surface area (Å²) in [6.07, 6.45) is 0. The summed E-state index contributed by atoms with van der Waals surface area (Å²) in [6.45, 7) is 0. The molecule has 0 spiro atoms. The van der Waals surface area contributed by atoms with Crippen LogP contribution < -0.4 is 5.73 Å². The summed E-state index contributed by atoms with van der Waals surface area (Å²) in [5, 5.41) is 2.13. The minimum absolute atomic E-state index is 0.0387. The van der Waals surface area contributed by atoms with Gasteiger partial charge in [0, 0.05) is 5.56 Å². The van der Waals surface area contributed by atoms with Gasteiger partial charge in [0.15, 0.2) is 5.78 Å². The minimum Gasteiger partial charge on any atom is -0.317 e. The van der Waals surface area contributed by atoms with Gasteiger partial charge in [-0.2, -0.15) is 0 Å². The summed E-state index contributed by atoms with van der Waals surface area (Å²) >= 11 is 0. The van der Waals surface area contributed by atoms with Crippen molar-refractivity contribution in [2.45, 2.75) is 6.04 Å². The number of carbonyl (C=O) groups is 1. The lowest BCUT2D eigenvalue weighted by atomic mass is 10.1. The first-order valence-corrected chi connectivity index (χ1v) is 4.60. The second-order valence-electron chi connectivity index (χ2n) is 3.59. The van der Waals surface area contributed by atoms with Crippen molar-refractivity contribution in [3.05, 3.63) is 47.5 Å². The van der Waals surface area contributed by atoms with E-state index in [9.17, 15) is 4.79 Å². The van der Waals surface area contributed by atoms with Crippen LogP contribution in [0.15, 0.2) is 36.4 Å². The normalized spacial score (nSPS) is 19.2. The van der Waals surface area contributed by atoms with Crippen molar-refractivity contribution in [3.63, 3.8) is 0 Å². The summed E-state index contributed by atoms with van der Waals surface area (Å²) in [6, 6.07) is 11.2. The van der Waals surface area contributed by atoms with E-state index in [2.05, 4.69) is 0 Å². The van der Waals surface area contributed by atoms with Crippen molar-refractivity contribution in [2.75, 3.05) is 0 Å². The third kappa shape index (κ3) is 0.763. The van der Waals surface area contributed by atoms with Crippen molar-refractivity contribution in [1.29, 1.82) is 0 Å². The maximum Gasteiger partial charge on any atom is 0.184 e. The van der Waals surface area contributed by atoms with Crippen LogP contribution in [0.3, 0.4) is 0 Å². The quantitative estimate of drug-likeness (QED) is 0.679. The predicted octanol–water partition coefficient (Wildman–Crippen LogP) is 2.04. The third-order valence-corrected chi connectivity index (χ3v) is 2.82. The molecule has 0 radical (unpaired) electrons. The van der Waals surface area contributed by atoms with Crippen molar-refractivity contribution < 1.29 is 4.79 Å². The van der Waals surface area contributed by atoms with Gasteiger partial charge in [0.25, 0.3) is 0 Å². The summed E-state index contributed by atoms with van der Waals surface area (Å²) in [4.78, 5) is 11.8. The second-order valence-corrected chi connectivity index (χ2v) is 3.59. The fraction of sp³-hybridized carbons (Fsp3) is 0.0833. The summed E-state index contributed by atoms with van der Waals surface area (Å²) in [7, 11) is 0. The molecule has 0 amide bonds. The lowest BCUT2D eigenvalue weighted by Gasteiger charge is -2.01. The molecule has 1 aliphatic carbocycles. The van der Waals surface area contributed by atoms with Crippen LogP contribution in [0.25, 0.3) is 10.8 Å². The van der Waals surface area contributed by atoms with E-state index in [4.69, 9.17) is 5.73 Å². The monoisotopic (exact) mass is 183 g/mol. The summed E-state index contributed by atoms with van der Waals surface area (Å²) in [5.74, 6) is 0.0387. The lowest BCUT2D eigenvalue weighted by molar-refractivity contribution is 0.0970. The fourth-order valence-corrected chi connectivity index (χ4v) is 2.14. The van der Waals surface area contributed by atoms with Crippen LogP contribution in [-0.2, 0) is 0 Å². The zero-order chi connectivity index (χ0) is 9.71. The highest BCUT2D eigenvalue weighted by molar-refractivity contribution is 6.17. The zero-order valence-electron chi connectivity index (χ0n) is 7.53. The predicted molar refractivity (Wildman–Crippen MR) is 55.2 cm³/mol. The first-order valence-electron chi connectivity index (χ1n) is 4.60. The molecule has 0 saturated heterocycles. The van der Waals surface area contributed by atoms with Crippen LogP contribution in [0.5, 0.6) is 0 Å². The highest BCUT2D eigenvalue weighted by Gasteiger charge is 2.28. The van der Waals surface area contributed by atoms with E-state index in [0.717, 1.165) is 21.9 Å². The number of Topliss-reactive ketones (excluding diaryl/α,β-unsaturated/α-hetero) is 1. The van der Waals surface area contributed by atoms with Gasteiger partial charge in [-0.05, 0) is 16.3 Å². The van der Waals surface area contributed by atoms with E-state index >= 15 is 0 Å². The van der Waals surface area contributed by atoms with Crippen LogP contribution in [-0.4, -0.2) is 5.78 Å². The molecular weight excluding hydrogens is 174 g/mol. The second kappa shape index (κ2) is 2.42. The average molecular weight is 183 g/mol. The Morgan fingerprint density at radius 1 is 1.07 bits per heavy atom.